The molecule has 1 saturated carbocycles. The largest absolute Gasteiger partial charge is 0.710 e. The van der Waals surface area contributed by atoms with Crippen LogP contribution in [0.25, 0.3) is 0 Å². The van der Waals surface area contributed by atoms with Crippen LogP contribution in [0.3, 0.4) is 0 Å². The van der Waals surface area contributed by atoms with Crippen LogP contribution in [-0.2, 0) is 4.65 Å². The predicted octanol–water partition coefficient (Wildman–Crippen LogP) is 4.09. The van der Waals surface area contributed by atoms with E-state index in [1.165, 1.54) is 31.4 Å². The third kappa shape index (κ3) is 4.95. The van der Waals surface area contributed by atoms with E-state index < -0.39 is 19.0 Å². The first-order valence-corrected chi connectivity index (χ1v) is 8.04. The lowest BCUT2D eigenvalue weighted by Crippen LogP contribution is -2.34. The average Bonchev–Trinajstić information content (AvgIpc) is 2.51. The van der Waals surface area contributed by atoms with E-state index in [0.717, 1.165) is 37.7 Å². The molecule has 1 aromatic carbocycles. The van der Waals surface area contributed by atoms with Gasteiger partial charge in [-0.05, 0) is 43.7 Å². The highest BCUT2D eigenvalue weighted by atomic mass is 19.2. The molecule has 1 aliphatic rings. The normalized spacial score (nSPS) is 21.6. The van der Waals surface area contributed by atoms with Crippen molar-refractivity contribution in [1.82, 2.24) is 0 Å². The molecule has 0 amide bonds. The van der Waals surface area contributed by atoms with E-state index in [0.29, 0.717) is 0 Å². The number of rotatable bonds is 7. The molecule has 1 aliphatic carbocycles. The first-order chi connectivity index (χ1) is 10.6. The zero-order valence-corrected chi connectivity index (χ0v) is 12.9. The second-order valence-corrected chi connectivity index (χ2v) is 5.90. The lowest BCUT2D eigenvalue weighted by molar-refractivity contribution is 0.0778. The molecule has 22 heavy (non-hydrogen) atoms. The number of benzene rings is 1. The Morgan fingerprint density at radius 1 is 1.23 bits per heavy atom. The van der Waals surface area contributed by atoms with Gasteiger partial charge in [0.2, 0.25) is 0 Å². The highest BCUT2D eigenvalue weighted by Crippen LogP contribution is 2.30. The summed E-state index contributed by atoms with van der Waals surface area (Å²) in [5.74, 6) is -1.74. The summed E-state index contributed by atoms with van der Waals surface area (Å²) in [7, 11) is -1.58. The van der Waals surface area contributed by atoms with Crippen molar-refractivity contribution in [2.45, 2.75) is 58.0 Å². The molecule has 0 unspecified atom stereocenters. The van der Waals surface area contributed by atoms with Crippen LogP contribution in [0.1, 0.15) is 51.9 Å². The molecular weight excluding hydrogens is 289 g/mol. The van der Waals surface area contributed by atoms with Gasteiger partial charge >= 0.3 is 7.32 Å². The molecular formula is C16H23BF2O3. The maximum absolute atomic E-state index is 13.4. The molecule has 1 aromatic rings. The van der Waals surface area contributed by atoms with Crippen molar-refractivity contribution >= 4 is 7.32 Å². The average molecular weight is 312 g/mol. The molecule has 0 aliphatic heterocycles. The third-order valence-corrected chi connectivity index (χ3v) is 4.21. The van der Waals surface area contributed by atoms with Crippen LogP contribution in [0.2, 0.25) is 0 Å². The zero-order valence-electron chi connectivity index (χ0n) is 12.9. The second kappa shape index (κ2) is 8.49. The summed E-state index contributed by atoms with van der Waals surface area (Å²) in [5, 5.41) is 9.74. The molecule has 1 N–H and O–H groups in total. The molecule has 0 aromatic heterocycles. The topological polar surface area (TPSA) is 38.7 Å². The Bertz CT molecular complexity index is 465. The van der Waals surface area contributed by atoms with Gasteiger partial charge < -0.3 is 14.3 Å². The fourth-order valence-corrected chi connectivity index (χ4v) is 2.93. The van der Waals surface area contributed by atoms with Crippen LogP contribution in [0.4, 0.5) is 8.78 Å². The Hall–Kier alpha value is -1.14. The maximum atomic E-state index is 13.4. The fraction of sp³-hybridized carbons (Fsp3) is 0.625. The lowest BCUT2D eigenvalue weighted by atomic mass is 9.84. The van der Waals surface area contributed by atoms with Crippen molar-refractivity contribution in [3.05, 3.63) is 29.8 Å². The van der Waals surface area contributed by atoms with Gasteiger partial charge in [-0.2, -0.15) is 4.39 Å². The van der Waals surface area contributed by atoms with Crippen LogP contribution in [-0.4, -0.2) is 18.4 Å². The van der Waals surface area contributed by atoms with Crippen LogP contribution >= 0.6 is 0 Å². The molecule has 6 heteroatoms. The molecule has 0 saturated heterocycles. The summed E-state index contributed by atoms with van der Waals surface area (Å²) < 4.78 is 36.8. The number of hydrogen-bond donors (Lipinski definition) is 1. The molecule has 3 nitrogen and oxygen atoms in total. The van der Waals surface area contributed by atoms with Crippen molar-refractivity contribution in [2.24, 2.45) is 5.92 Å². The number of unbranched alkanes of at least 4 members (excludes halogenated alkanes) is 1. The van der Waals surface area contributed by atoms with E-state index in [1.807, 2.05) is 0 Å². The van der Waals surface area contributed by atoms with Crippen molar-refractivity contribution in [2.75, 3.05) is 0 Å². The van der Waals surface area contributed by atoms with Gasteiger partial charge in [-0.1, -0.05) is 32.3 Å². The SMILES string of the molecule is CCCCC1CCC(OB(O)Oc2cccc(F)c2F)CC1. The molecule has 0 spiro atoms. The third-order valence-electron chi connectivity index (χ3n) is 4.21. The summed E-state index contributed by atoms with van der Waals surface area (Å²) >= 11 is 0. The fourth-order valence-electron chi connectivity index (χ4n) is 2.93. The van der Waals surface area contributed by atoms with E-state index in [9.17, 15) is 13.8 Å². The van der Waals surface area contributed by atoms with E-state index in [-0.39, 0.29) is 11.9 Å². The molecule has 1 fully saturated rings. The minimum atomic E-state index is -1.58. The highest BCUT2D eigenvalue weighted by Gasteiger charge is 2.29. The summed E-state index contributed by atoms with van der Waals surface area (Å²) in [4.78, 5) is 0. The summed E-state index contributed by atoms with van der Waals surface area (Å²) in [6, 6.07) is 3.57. The van der Waals surface area contributed by atoms with Gasteiger partial charge in [-0.15, -0.1) is 0 Å². The Morgan fingerprint density at radius 2 is 1.95 bits per heavy atom. The monoisotopic (exact) mass is 312 g/mol. The Labute approximate surface area is 130 Å². The Balaban J connectivity index is 1.76. The van der Waals surface area contributed by atoms with Crippen molar-refractivity contribution < 1.29 is 23.1 Å². The minimum absolute atomic E-state index is 0.0931. The number of halogens is 2. The van der Waals surface area contributed by atoms with Crippen molar-refractivity contribution in [1.29, 1.82) is 0 Å². The minimum Gasteiger partial charge on any atom is -0.509 e. The van der Waals surface area contributed by atoms with Crippen molar-refractivity contribution in [3.63, 3.8) is 0 Å². The number of hydrogen-bond acceptors (Lipinski definition) is 3. The molecule has 2 rings (SSSR count). The summed E-state index contributed by atoms with van der Waals surface area (Å²) in [6.45, 7) is 2.19. The van der Waals surface area contributed by atoms with Gasteiger partial charge in [0, 0.05) is 6.10 Å². The van der Waals surface area contributed by atoms with Gasteiger partial charge in [0.1, 0.15) is 5.75 Å². The van der Waals surface area contributed by atoms with E-state index in [4.69, 9.17) is 9.31 Å². The smallest absolute Gasteiger partial charge is 0.509 e. The van der Waals surface area contributed by atoms with E-state index >= 15 is 0 Å². The van der Waals surface area contributed by atoms with Crippen LogP contribution in [0.15, 0.2) is 18.2 Å². The highest BCUT2D eigenvalue weighted by molar-refractivity contribution is 6.35. The predicted molar refractivity (Wildman–Crippen MR) is 81.3 cm³/mol. The van der Waals surface area contributed by atoms with E-state index in [1.54, 1.807) is 0 Å². The maximum Gasteiger partial charge on any atom is 0.710 e. The van der Waals surface area contributed by atoms with Crippen LogP contribution < -0.4 is 4.65 Å². The van der Waals surface area contributed by atoms with Crippen molar-refractivity contribution in [3.8, 4) is 5.75 Å². The van der Waals surface area contributed by atoms with Gasteiger partial charge in [0.05, 0.1) is 0 Å². The van der Waals surface area contributed by atoms with Gasteiger partial charge in [-0.25, -0.2) is 4.39 Å². The molecule has 0 heterocycles. The molecule has 0 radical (unpaired) electrons. The molecule has 0 atom stereocenters. The van der Waals surface area contributed by atoms with Crippen LogP contribution in [0.5, 0.6) is 5.75 Å². The zero-order chi connectivity index (χ0) is 15.9. The quantitative estimate of drug-likeness (QED) is 0.771. The van der Waals surface area contributed by atoms with Crippen LogP contribution in [0, 0.1) is 17.6 Å². The molecule has 0 bridgehead atoms. The Morgan fingerprint density at radius 3 is 2.64 bits per heavy atom. The van der Waals surface area contributed by atoms with Gasteiger partial charge in [0.25, 0.3) is 0 Å². The lowest BCUT2D eigenvalue weighted by Gasteiger charge is -2.29. The summed E-state index contributed by atoms with van der Waals surface area (Å²) in [6.07, 6.45) is 7.49. The Kier molecular flexibility index (Phi) is 6.64. The first kappa shape index (κ1) is 17.2. The van der Waals surface area contributed by atoms with Gasteiger partial charge in [-0.3, -0.25) is 0 Å². The molecule has 122 valence electrons. The second-order valence-electron chi connectivity index (χ2n) is 5.90. The van der Waals surface area contributed by atoms with E-state index in [2.05, 4.69) is 6.92 Å². The summed E-state index contributed by atoms with van der Waals surface area (Å²) in [5.41, 5.74) is 0. The van der Waals surface area contributed by atoms with Gasteiger partial charge in [0.15, 0.2) is 11.6 Å². The first-order valence-electron chi connectivity index (χ1n) is 8.04. The standard InChI is InChI=1S/C16H23BF2O3/c1-2-3-5-12-8-10-13(11-9-12)21-17(20)22-15-7-4-6-14(18)16(15)19/h4,6-7,12-13,20H,2-3,5,8-11H2,1H3.